The Kier molecular flexibility index (Phi) is 8.83. The molecule has 0 saturated carbocycles. The number of para-hydroxylation sites is 1. The first-order valence-electron chi connectivity index (χ1n) is 13.3. The van der Waals surface area contributed by atoms with Crippen LogP contribution in [-0.2, 0) is 18.3 Å². The molecule has 1 saturated heterocycles. The van der Waals surface area contributed by atoms with E-state index in [9.17, 15) is 19.5 Å². The number of benzene rings is 1. The number of likely N-dealkylation sites (tertiary alicyclic amines) is 1. The summed E-state index contributed by atoms with van der Waals surface area (Å²) in [5, 5.41) is 12.4. The lowest BCUT2D eigenvalue weighted by atomic mass is 10.0. The Morgan fingerprint density at radius 3 is 2.45 bits per heavy atom. The number of thiazole rings is 1. The lowest BCUT2D eigenvalue weighted by Crippen LogP contribution is -2.54. The Morgan fingerprint density at radius 2 is 1.82 bits per heavy atom. The first-order valence-corrected chi connectivity index (χ1v) is 14.1. The van der Waals surface area contributed by atoms with E-state index >= 15 is 0 Å². The molecule has 3 heterocycles. The Morgan fingerprint density at radius 1 is 1.13 bits per heavy atom. The molecule has 1 aromatic carbocycles. The van der Waals surface area contributed by atoms with Gasteiger partial charge in [0.15, 0.2) is 5.69 Å². The molecular weight excluding hydrogens is 502 g/mol. The van der Waals surface area contributed by atoms with Crippen molar-refractivity contribution in [2.75, 3.05) is 13.1 Å². The highest BCUT2D eigenvalue weighted by Gasteiger charge is 2.39. The molecule has 1 fully saturated rings. The number of carboxylic acid groups (broad SMARTS) is 1. The summed E-state index contributed by atoms with van der Waals surface area (Å²) in [7, 11) is 1.95. The number of rotatable bonds is 8. The van der Waals surface area contributed by atoms with Gasteiger partial charge in [0.2, 0.25) is 5.91 Å². The average molecular weight is 540 g/mol. The van der Waals surface area contributed by atoms with Gasteiger partial charge in [0.25, 0.3) is 0 Å². The van der Waals surface area contributed by atoms with Crippen molar-refractivity contribution in [3.8, 4) is 0 Å². The second kappa shape index (κ2) is 12.1. The minimum absolute atomic E-state index is 0.103. The maximum absolute atomic E-state index is 14.1. The fraction of sp³-hybridized carbons (Fsp3) is 0.500. The Bertz CT molecular complexity index is 1290. The van der Waals surface area contributed by atoms with Gasteiger partial charge in [0, 0.05) is 49.0 Å². The van der Waals surface area contributed by atoms with Gasteiger partial charge >= 0.3 is 12.0 Å². The summed E-state index contributed by atoms with van der Waals surface area (Å²) in [6.07, 6.45) is 6.56. The van der Waals surface area contributed by atoms with E-state index in [1.165, 1.54) is 10.3 Å². The van der Waals surface area contributed by atoms with Gasteiger partial charge in [0.1, 0.15) is 5.01 Å². The lowest BCUT2D eigenvalue weighted by Gasteiger charge is -2.35. The van der Waals surface area contributed by atoms with Gasteiger partial charge in [-0.25, -0.2) is 14.6 Å². The van der Waals surface area contributed by atoms with E-state index in [4.69, 9.17) is 5.73 Å². The smallest absolute Gasteiger partial charge is 0.355 e. The minimum Gasteiger partial charge on any atom is -0.476 e. The third-order valence-corrected chi connectivity index (χ3v) is 8.04. The van der Waals surface area contributed by atoms with Crippen LogP contribution in [0.25, 0.3) is 10.9 Å². The monoisotopic (exact) mass is 539 g/mol. The number of aromatic carboxylic acids is 1. The van der Waals surface area contributed by atoms with Crippen molar-refractivity contribution in [3.05, 3.63) is 52.1 Å². The summed E-state index contributed by atoms with van der Waals surface area (Å²) in [5.41, 5.74) is 8.27. The van der Waals surface area contributed by atoms with Crippen molar-refractivity contribution >= 4 is 40.1 Å². The zero-order valence-corrected chi connectivity index (χ0v) is 23.1. The van der Waals surface area contributed by atoms with E-state index in [0.29, 0.717) is 30.9 Å². The molecule has 1 aliphatic rings. The van der Waals surface area contributed by atoms with E-state index in [0.717, 1.165) is 53.5 Å². The fourth-order valence-corrected chi connectivity index (χ4v) is 6.09. The summed E-state index contributed by atoms with van der Waals surface area (Å²) >= 11 is 1.15. The van der Waals surface area contributed by atoms with Gasteiger partial charge < -0.3 is 20.3 Å². The molecule has 3 amide bonds. The number of imide groups is 1. The zero-order chi connectivity index (χ0) is 27.4. The minimum atomic E-state index is -1.15. The van der Waals surface area contributed by atoms with Gasteiger partial charge in [-0.15, -0.1) is 11.3 Å². The van der Waals surface area contributed by atoms with Crippen LogP contribution in [0, 0.1) is 5.92 Å². The number of aryl methyl sites for hydroxylation is 1. The second-order valence-electron chi connectivity index (χ2n) is 10.5. The number of carbonyl (C=O) groups excluding carboxylic acids is 2. The maximum atomic E-state index is 14.1. The van der Waals surface area contributed by atoms with Gasteiger partial charge in [0.05, 0.1) is 12.1 Å². The first-order chi connectivity index (χ1) is 18.2. The molecule has 10 heteroatoms. The molecule has 2 aromatic heterocycles. The number of nitrogens with zero attached hydrogens (tertiary/aromatic N) is 4. The van der Waals surface area contributed by atoms with Crippen molar-refractivity contribution in [2.45, 2.75) is 64.5 Å². The third-order valence-electron chi connectivity index (χ3n) is 7.09. The molecule has 1 aliphatic heterocycles. The van der Waals surface area contributed by atoms with Crippen LogP contribution in [0.5, 0.6) is 0 Å². The molecule has 0 bridgehead atoms. The van der Waals surface area contributed by atoms with E-state index < -0.39 is 24.0 Å². The van der Waals surface area contributed by atoms with Crippen molar-refractivity contribution in [1.29, 1.82) is 0 Å². The van der Waals surface area contributed by atoms with E-state index in [2.05, 4.69) is 4.98 Å². The predicted molar refractivity (Wildman–Crippen MR) is 148 cm³/mol. The topological polar surface area (TPSA) is 122 Å². The quantitative estimate of drug-likeness (QED) is 0.423. The molecule has 0 radical (unpaired) electrons. The summed E-state index contributed by atoms with van der Waals surface area (Å²) in [6, 6.07) is 5.92. The number of amides is 3. The van der Waals surface area contributed by atoms with Crippen LogP contribution in [0.4, 0.5) is 4.79 Å². The number of nitrogens with two attached hydrogens (primary N) is 1. The molecule has 38 heavy (non-hydrogen) atoms. The summed E-state index contributed by atoms with van der Waals surface area (Å²) < 4.78 is 2.01. The van der Waals surface area contributed by atoms with Gasteiger partial charge in [-0.3, -0.25) is 9.69 Å². The largest absolute Gasteiger partial charge is 0.476 e. The summed E-state index contributed by atoms with van der Waals surface area (Å²) in [5.74, 6) is -1.44. The Hall–Kier alpha value is -3.24. The Balaban J connectivity index is 1.82. The van der Waals surface area contributed by atoms with Gasteiger partial charge in [-0.2, -0.15) is 0 Å². The molecule has 3 N–H and O–H groups in total. The third kappa shape index (κ3) is 6.07. The number of carboxylic acids is 1. The summed E-state index contributed by atoms with van der Waals surface area (Å²) in [4.78, 5) is 47.2. The van der Waals surface area contributed by atoms with Crippen LogP contribution in [-0.4, -0.2) is 61.5 Å². The van der Waals surface area contributed by atoms with Crippen molar-refractivity contribution in [1.82, 2.24) is 19.4 Å². The molecule has 204 valence electrons. The fourth-order valence-electron chi connectivity index (χ4n) is 5.21. The average Bonchev–Trinajstić information content (AvgIpc) is 3.38. The number of hydrogen-bond acceptors (Lipinski definition) is 6. The second-order valence-corrected chi connectivity index (χ2v) is 11.4. The number of urea groups is 1. The predicted octanol–water partition coefficient (Wildman–Crippen LogP) is 4.81. The van der Waals surface area contributed by atoms with Crippen molar-refractivity contribution in [2.24, 2.45) is 18.7 Å². The van der Waals surface area contributed by atoms with Gasteiger partial charge in [-0.1, -0.05) is 44.9 Å². The molecule has 0 aliphatic carbocycles. The molecule has 9 nitrogen and oxygen atoms in total. The zero-order valence-electron chi connectivity index (χ0n) is 22.3. The van der Waals surface area contributed by atoms with Crippen LogP contribution in [0.1, 0.15) is 73.1 Å². The molecular formula is C28H37N5O4S. The molecule has 0 spiro atoms. The number of carbonyl (C=O) groups is 3. The van der Waals surface area contributed by atoms with Crippen LogP contribution >= 0.6 is 11.3 Å². The number of fused-ring (bicyclic) bond motifs is 1. The van der Waals surface area contributed by atoms with Crippen LogP contribution in [0.2, 0.25) is 0 Å². The van der Waals surface area contributed by atoms with E-state index in [1.807, 2.05) is 55.9 Å². The standard InChI is InChI=1S/C28H37N5O4S/c1-18(2)14-21(29)26(34)33(28(37)32-12-8-4-5-9-13-32)24(25-30-22(17-38-25)27(35)36)15-19-16-31(3)23-11-7-6-10-20(19)23/h6-7,10-11,16-18,21,24H,4-5,8-9,12-15,29H2,1-3H3,(H,35,36)/t21-,24+/m0/s1. The molecule has 4 rings (SSSR count). The van der Waals surface area contributed by atoms with Crippen LogP contribution in [0.3, 0.4) is 0 Å². The number of aromatic nitrogens is 2. The SMILES string of the molecule is CC(C)C[C@H](N)C(=O)N(C(=O)N1CCCCCC1)[C@H](Cc1cn(C)c2ccccc12)c1nc(C(=O)O)cs1. The van der Waals surface area contributed by atoms with Gasteiger partial charge in [-0.05, 0) is 36.8 Å². The highest BCUT2D eigenvalue weighted by molar-refractivity contribution is 7.09. The lowest BCUT2D eigenvalue weighted by molar-refractivity contribution is -0.132. The van der Waals surface area contributed by atoms with Crippen LogP contribution in [0.15, 0.2) is 35.8 Å². The Labute approximate surface area is 227 Å². The van der Waals surface area contributed by atoms with E-state index in [1.54, 1.807) is 4.90 Å². The number of hydrogen-bond donors (Lipinski definition) is 2. The molecule has 0 unspecified atom stereocenters. The van der Waals surface area contributed by atoms with Crippen molar-refractivity contribution in [3.63, 3.8) is 0 Å². The maximum Gasteiger partial charge on any atom is 0.355 e. The van der Waals surface area contributed by atoms with Crippen molar-refractivity contribution < 1.29 is 19.5 Å². The highest BCUT2D eigenvalue weighted by Crippen LogP contribution is 2.33. The molecule has 3 aromatic rings. The van der Waals surface area contributed by atoms with E-state index in [-0.39, 0.29) is 17.6 Å². The summed E-state index contributed by atoms with van der Waals surface area (Å²) in [6.45, 7) is 5.12. The molecule has 2 atom stereocenters. The first kappa shape index (κ1) is 27.8. The highest BCUT2D eigenvalue weighted by atomic mass is 32.1. The normalized spacial score (nSPS) is 15.9. The van der Waals surface area contributed by atoms with Crippen LogP contribution < -0.4 is 5.73 Å².